The summed E-state index contributed by atoms with van der Waals surface area (Å²) in [6.07, 6.45) is 4.40. The second kappa shape index (κ2) is 7.07. The highest BCUT2D eigenvalue weighted by atomic mass is 32.2. The molecule has 3 rings (SSSR count). The second-order valence-electron chi connectivity index (χ2n) is 9.68. The molecule has 1 aliphatic carbocycles. The van der Waals surface area contributed by atoms with Crippen molar-refractivity contribution in [2.45, 2.75) is 51.9 Å². The third kappa shape index (κ3) is 4.67. The van der Waals surface area contributed by atoms with Crippen molar-refractivity contribution in [1.29, 1.82) is 0 Å². The second-order valence-corrected chi connectivity index (χ2v) is 11.7. The third-order valence-corrected chi connectivity index (χ3v) is 6.55. The van der Waals surface area contributed by atoms with Gasteiger partial charge in [0.05, 0.1) is 4.90 Å². The molecule has 0 aliphatic heterocycles. The highest BCUT2D eigenvalue weighted by Crippen LogP contribution is 2.50. The van der Waals surface area contributed by atoms with E-state index in [0.717, 1.165) is 29.5 Å². The van der Waals surface area contributed by atoms with Gasteiger partial charge in [0, 0.05) is 6.26 Å². The Kier molecular flexibility index (Phi) is 5.22. The molecule has 0 unspecified atom stereocenters. The molecule has 1 saturated carbocycles. The van der Waals surface area contributed by atoms with Crippen molar-refractivity contribution in [3.63, 3.8) is 0 Å². The van der Waals surface area contributed by atoms with Crippen molar-refractivity contribution in [2.75, 3.05) is 6.26 Å². The first-order valence-electron chi connectivity index (χ1n) is 9.68. The average molecular weight is 399 g/mol. The SMILES string of the molecule is CC1(C)CC(=C(c2ccc(O)cc2)c2ccc(S(C)(=O)=O)cc2)CC(C)(C)C1. The van der Waals surface area contributed by atoms with E-state index in [1.807, 2.05) is 24.3 Å². The first-order chi connectivity index (χ1) is 12.9. The third-order valence-electron chi connectivity index (χ3n) is 5.42. The summed E-state index contributed by atoms with van der Waals surface area (Å²) in [5.41, 5.74) is 5.01. The highest BCUT2D eigenvalue weighted by Gasteiger charge is 2.37. The summed E-state index contributed by atoms with van der Waals surface area (Å²) in [7, 11) is -3.23. The van der Waals surface area contributed by atoms with Gasteiger partial charge in [-0.15, -0.1) is 0 Å². The van der Waals surface area contributed by atoms with Crippen molar-refractivity contribution in [2.24, 2.45) is 10.8 Å². The topological polar surface area (TPSA) is 54.4 Å². The molecule has 1 N–H and O–H groups in total. The molecule has 0 atom stereocenters. The fourth-order valence-corrected chi connectivity index (χ4v) is 5.52. The van der Waals surface area contributed by atoms with Crippen LogP contribution in [0, 0.1) is 10.8 Å². The van der Waals surface area contributed by atoms with E-state index in [2.05, 4.69) is 27.7 Å². The molecule has 4 heteroatoms. The Bertz CT molecular complexity index is 975. The average Bonchev–Trinajstić information content (AvgIpc) is 2.54. The van der Waals surface area contributed by atoms with E-state index in [-0.39, 0.29) is 16.6 Å². The lowest BCUT2D eigenvalue weighted by molar-refractivity contribution is 0.154. The van der Waals surface area contributed by atoms with Gasteiger partial charge in [0.2, 0.25) is 0 Å². The molecule has 0 aromatic heterocycles. The zero-order valence-electron chi connectivity index (χ0n) is 17.4. The van der Waals surface area contributed by atoms with Crippen LogP contribution >= 0.6 is 0 Å². The molecule has 2 aromatic carbocycles. The van der Waals surface area contributed by atoms with E-state index < -0.39 is 9.84 Å². The van der Waals surface area contributed by atoms with Gasteiger partial charge in [-0.05, 0) is 71.1 Å². The van der Waals surface area contributed by atoms with E-state index in [1.54, 1.807) is 24.3 Å². The first kappa shape index (κ1) is 20.7. The minimum atomic E-state index is -3.23. The van der Waals surface area contributed by atoms with Crippen LogP contribution in [0.3, 0.4) is 0 Å². The number of rotatable bonds is 3. The monoisotopic (exact) mass is 398 g/mol. The van der Waals surface area contributed by atoms with Crippen LogP contribution in [0.25, 0.3) is 5.57 Å². The molecule has 28 heavy (non-hydrogen) atoms. The van der Waals surface area contributed by atoms with Crippen LogP contribution in [0.2, 0.25) is 0 Å². The van der Waals surface area contributed by atoms with E-state index in [9.17, 15) is 13.5 Å². The normalized spacial score (nSPS) is 18.7. The molecule has 150 valence electrons. The number of phenolic OH excluding ortho intramolecular Hbond substituents is 1. The molecule has 0 heterocycles. The summed E-state index contributed by atoms with van der Waals surface area (Å²) >= 11 is 0. The lowest BCUT2D eigenvalue weighted by Gasteiger charge is -2.43. The van der Waals surface area contributed by atoms with E-state index in [0.29, 0.717) is 4.90 Å². The zero-order chi connectivity index (χ0) is 20.7. The molecule has 0 saturated heterocycles. The summed E-state index contributed by atoms with van der Waals surface area (Å²) in [4.78, 5) is 0.329. The maximum absolute atomic E-state index is 11.9. The van der Waals surface area contributed by atoms with Crippen LogP contribution in [0.4, 0.5) is 0 Å². The number of hydrogen-bond acceptors (Lipinski definition) is 3. The molecular formula is C24H30O3S. The molecule has 0 bridgehead atoms. The maximum Gasteiger partial charge on any atom is 0.175 e. The van der Waals surface area contributed by atoms with E-state index >= 15 is 0 Å². The van der Waals surface area contributed by atoms with Crippen LogP contribution in [0.1, 0.15) is 58.1 Å². The Hall–Kier alpha value is -2.07. The Labute approximate surface area is 169 Å². The summed E-state index contributed by atoms with van der Waals surface area (Å²) in [6.45, 7) is 9.26. The number of phenols is 1. The van der Waals surface area contributed by atoms with Crippen molar-refractivity contribution in [1.82, 2.24) is 0 Å². The highest BCUT2D eigenvalue weighted by molar-refractivity contribution is 7.90. The molecule has 3 nitrogen and oxygen atoms in total. The first-order valence-corrected chi connectivity index (χ1v) is 11.6. The van der Waals surface area contributed by atoms with Crippen LogP contribution in [0.15, 0.2) is 59.0 Å². The number of benzene rings is 2. The van der Waals surface area contributed by atoms with Crippen LogP contribution in [0.5, 0.6) is 5.75 Å². The summed E-state index contributed by atoms with van der Waals surface area (Å²) < 4.78 is 23.7. The Balaban J connectivity index is 2.20. The molecule has 1 aliphatic rings. The minimum Gasteiger partial charge on any atom is -0.508 e. The van der Waals surface area contributed by atoms with Gasteiger partial charge in [0.25, 0.3) is 0 Å². The molecule has 0 amide bonds. The zero-order valence-corrected chi connectivity index (χ0v) is 18.2. The van der Waals surface area contributed by atoms with Gasteiger partial charge in [-0.1, -0.05) is 57.5 Å². The Morgan fingerprint density at radius 1 is 0.821 bits per heavy atom. The Morgan fingerprint density at radius 3 is 1.68 bits per heavy atom. The van der Waals surface area contributed by atoms with Gasteiger partial charge in [-0.3, -0.25) is 0 Å². The largest absolute Gasteiger partial charge is 0.508 e. The van der Waals surface area contributed by atoms with Crippen molar-refractivity contribution in [3.8, 4) is 5.75 Å². The van der Waals surface area contributed by atoms with Gasteiger partial charge in [0.15, 0.2) is 9.84 Å². The predicted octanol–water partition coefficient (Wildman–Crippen LogP) is 5.83. The molecule has 2 aromatic rings. The smallest absolute Gasteiger partial charge is 0.175 e. The van der Waals surface area contributed by atoms with Crippen molar-refractivity contribution < 1.29 is 13.5 Å². The van der Waals surface area contributed by atoms with Gasteiger partial charge >= 0.3 is 0 Å². The molecule has 0 radical (unpaired) electrons. The van der Waals surface area contributed by atoms with Gasteiger partial charge in [0.1, 0.15) is 5.75 Å². The van der Waals surface area contributed by atoms with Gasteiger partial charge < -0.3 is 5.11 Å². The lowest BCUT2D eigenvalue weighted by atomic mass is 9.62. The van der Waals surface area contributed by atoms with Crippen LogP contribution in [-0.4, -0.2) is 19.8 Å². The quantitative estimate of drug-likeness (QED) is 0.707. The van der Waals surface area contributed by atoms with Gasteiger partial charge in [-0.2, -0.15) is 0 Å². The predicted molar refractivity (Wildman–Crippen MR) is 115 cm³/mol. The maximum atomic E-state index is 11.9. The number of sulfone groups is 1. The molecule has 0 spiro atoms. The van der Waals surface area contributed by atoms with Gasteiger partial charge in [-0.25, -0.2) is 8.42 Å². The standard InChI is InChI=1S/C24H30O3S/c1-23(2)14-19(15-24(3,4)16-23)22(17-6-10-20(25)11-7-17)18-8-12-21(13-9-18)28(5,26)27/h6-13,25H,14-16H2,1-5H3. The summed E-state index contributed by atoms with van der Waals surface area (Å²) in [5.74, 6) is 0.241. The van der Waals surface area contributed by atoms with E-state index in [1.165, 1.54) is 18.2 Å². The van der Waals surface area contributed by atoms with Crippen LogP contribution in [-0.2, 0) is 9.84 Å². The van der Waals surface area contributed by atoms with Crippen LogP contribution < -0.4 is 0 Å². The number of hydrogen-bond donors (Lipinski definition) is 1. The van der Waals surface area contributed by atoms with Crippen molar-refractivity contribution in [3.05, 3.63) is 65.2 Å². The number of aromatic hydroxyl groups is 1. The lowest BCUT2D eigenvalue weighted by Crippen LogP contribution is -2.30. The Morgan fingerprint density at radius 2 is 1.25 bits per heavy atom. The fraction of sp³-hybridized carbons (Fsp3) is 0.417. The molecule has 1 fully saturated rings. The van der Waals surface area contributed by atoms with Crippen molar-refractivity contribution >= 4 is 15.4 Å². The fourth-order valence-electron chi connectivity index (χ4n) is 4.89. The minimum absolute atomic E-state index is 0.200. The molecular weight excluding hydrogens is 368 g/mol. The summed E-state index contributed by atoms with van der Waals surface area (Å²) in [5, 5.41) is 9.73. The number of allylic oxidation sites excluding steroid dienone is 1. The summed E-state index contributed by atoms with van der Waals surface area (Å²) in [6, 6.07) is 14.5. The van der Waals surface area contributed by atoms with E-state index in [4.69, 9.17) is 0 Å².